The van der Waals surface area contributed by atoms with Crippen LogP contribution in [0.15, 0.2) is 71.6 Å². The Morgan fingerprint density at radius 3 is 2.43 bits per heavy atom. The van der Waals surface area contributed by atoms with Crippen molar-refractivity contribution >= 4 is 23.2 Å². The van der Waals surface area contributed by atoms with Gasteiger partial charge in [0, 0.05) is 21.9 Å². The molecule has 0 N–H and O–H groups in total. The van der Waals surface area contributed by atoms with Crippen molar-refractivity contribution in [3.8, 4) is 0 Å². The highest BCUT2D eigenvalue weighted by Crippen LogP contribution is 2.43. The first-order chi connectivity index (χ1) is 11.3. The van der Waals surface area contributed by atoms with Crippen molar-refractivity contribution in [1.82, 2.24) is 0 Å². The van der Waals surface area contributed by atoms with Crippen LogP contribution in [0.1, 0.15) is 37.8 Å². The van der Waals surface area contributed by atoms with Crippen LogP contribution in [0, 0.1) is 6.92 Å². The van der Waals surface area contributed by atoms with Crippen molar-refractivity contribution in [2.75, 3.05) is 0 Å². The Hall–Kier alpha value is -2.45. The fourth-order valence-corrected chi connectivity index (χ4v) is 4.10. The molecule has 23 heavy (non-hydrogen) atoms. The summed E-state index contributed by atoms with van der Waals surface area (Å²) >= 11 is 1.69. The largest absolute Gasteiger partial charge is 0.289 e. The molecule has 0 fully saturated rings. The Labute approximate surface area is 139 Å². The number of carbonyl (C=O) groups is 1. The normalized spacial score (nSPS) is 18.4. The summed E-state index contributed by atoms with van der Waals surface area (Å²) in [5.41, 5.74) is 5.22. The first kappa shape index (κ1) is 14.2. The molecule has 2 aromatic carbocycles. The van der Waals surface area contributed by atoms with Crippen molar-refractivity contribution in [3.05, 3.63) is 98.7 Å². The number of benzene rings is 2. The van der Waals surface area contributed by atoms with Gasteiger partial charge in [-0.2, -0.15) is 0 Å². The van der Waals surface area contributed by atoms with Crippen LogP contribution in [0.3, 0.4) is 0 Å². The molecule has 4 rings (SSSR count). The molecule has 112 valence electrons. The molecule has 1 unspecified atom stereocenters. The maximum atomic E-state index is 13.0. The van der Waals surface area contributed by atoms with Gasteiger partial charge >= 0.3 is 0 Å². The topological polar surface area (TPSA) is 17.1 Å². The summed E-state index contributed by atoms with van der Waals surface area (Å²) in [7, 11) is 0. The van der Waals surface area contributed by atoms with E-state index in [4.69, 9.17) is 0 Å². The molecule has 0 bridgehead atoms. The van der Waals surface area contributed by atoms with Gasteiger partial charge in [0.15, 0.2) is 5.78 Å². The van der Waals surface area contributed by atoms with E-state index in [1.165, 1.54) is 16.0 Å². The summed E-state index contributed by atoms with van der Waals surface area (Å²) in [6.45, 7) is 2.09. The minimum Gasteiger partial charge on any atom is -0.289 e. The highest BCUT2D eigenvalue weighted by Gasteiger charge is 2.35. The van der Waals surface area contributed by atoms with Crippen LogP contribution in [-0.4, -0.2) is 5.78 Å². The quantitative estimate of drug-likeness (QED) is 0.573. The molecule has 1 aliphatic rings. The lowest BCUT2D eigenvalue weighted by atomic mass is 9.89. The smallest absolute Gasteiger partial charge is 0.190 e. The first-order valence-electron chi connectivity index (χ1n) is 7.70. The molecule has 1 aliphatic carbocycles. The highest BCUT2D eigenvalue weighted by atomic mass is 32.1. The number of hydrogen-bond donors (Lipinski definition) is 0. The van der Waals surface area contributed by atoms with Gasteiger partial charge in [0.2, 0.25) is 0 Å². The molecule has 0 radical (unpaired) electrons. The number of aryl methyl sites for hydroxylation is 1. The zero-order chi connectivity index (χ0) is 15.8. The molecule has 1 nitrogen and oxygen atoms in total. The van der Waals surface area contributed by atoms with E-state index in [9.17, 15) is 4.79 Å². The molecular formula is C21H16OS. The molecule has 1 heterocycles. The van der Waals surface area contributed by atoms with Crippen LogP contribution in [0.25, 0.3) is 6.08 Å². The molecule has 0 spiro atoms. The van der Waals surface area contributed by atoms with E-state index in [0.717, 1.165) is 16.7 Å². The summed E-state index contributed by atoms with van der Waals surface area (Å²) < 4.78 is 0. The van der Waals surface area contributed by atoms with Gasteiger partial charge < -0.3 is 0 Å². The van der Waals surface area contributed by atoms with Crippen molar-refractivity contribution in [3.63, 3.8) is 0 Å². The van der Waals surface area contributed by atoms with Crippen molar-refractivity contribution < 1.29 is 4.79 Å². The van der Waals surface area contributed by atoms with Gasteiger partial charge in [0.05, 0.1) is 0 Å². The van der Waals surface area contributed by atoms with Crippen LogP contribution in [0.5, 0.6) is 0 Å². The van der Waals surface area contributed by atoms with Crippen LogP contribution < -0.4 is 0 Å². The zero-order valence-corrected chi connectivity index (χ0v) is 13.6. The first-order valence-corrected chi connectivity index (χ1v) is 8.58. The van der Waals surface area contributed by atoms with E-state index >= 15 is 0 Å². The van der Waals surface area contributed by atoms with Gasteiger partial charge in [-0.05, 0) is 41.1 Å². The van der Waals surface area contributed by atoms with E-state index < -0.39 is 0 Å². The van der Waals surface area contributed by atoms with Gasteiger partial charge in [-0.1, -0.05) is 54.6 Å². The average Bonchev–Trinajstić information content (AvgIpc) is 3.11. The number of ketones is 1. The summed E-state index contributed by atoms with van der Waals surface area (Å²) in [5.74, 6) is 0.184. The van der Waals surface area contributed by atoms with Gasteiger partial charge in [-0.3, -0.25) is 4.79 Å². The summed E-state index contributed by atoms with van der Waals surface area (Å²) in [6.07, 6.45) is 2.08. The minimum absolute atomic E-state index is 0.0291. The third kappa shape index (κ3) is 2.36. The molecule has 3 aromatic rings. The average molecular weight is 316 g/mol. The van der Waals surface area contributed by atoms with Crippen molar-refractivity contribution in [1.29, 1.82) is 0 Å². The van der Waals surface area contributed by atoms with E-state index in [-0.39, 0.29) is 11.7 Å². The maximum absolute atomic E-state index is 13.0. The predicted octanol–water partition coefficient (Wildman–Crippen LogP) is 5.47. The van der Waals surface area contributed by atoms with Crippen LogP contribution in [0.2, 0.25) is 0 Å². The lowest BCUT2D eigenvalue weighted by Gasteiger charge is -2.13. The molecular weight excluding hydrogens is 300 g/mol. The second kappa shape index (κ2) is 5.64. The minimum atomic E-state index is 0.0291. The zero-order valence-electron chi connectivity index (χ0n) is 12.8. The van der Waals surface area contributed by atoms with Crippen LogP contribution >= 0.6 is 11.3 Å². The lowest BCUT2D eigenvalue weighted by Crippen LogP contribution is -2.02. The second-order valence-electron chi connectivity index (χ2n) is 5.83. The fraction of sp³-hybridized carbons (Fsp3) is 0.0952. The second-order valence-corrected chi connectivity index (χ2v) is 6.78. The van der Waals surface area contributed by atoms with Gasteiger partial charge in [-0.25, -0.2) is 0 Å². The number of rotatable bonds is 2. The summed E-state index contributed by atoms with van der Waals surface area (Å²) in [6, 6.07) is 20.4. The summed E-state index contributed by atoms with van der Waals surface area (Å²) in [4.78, 5) is 14.1. The van der Waals surface area contributed by atoms with Crippen molar-refractivity contribution in [2.45, 2.75) is 12.8 Å². The SMILES string of the molecule is Cc1ccsc1/C=C1\C(=O)c2ccccc2C1c1ccccc1. The number of thiophene rings is 1. The molecule has 2 heteroatoms. The Kier molecular flexibility index (Phi) is 3.47. The van der Waals surface area contributed by atoms with E-state index in [2.05, 4.69) is 42.6 Å². The van der Waals surface area contributed by atoms with Crippen LogP contribution in [-0.2, 0) is 0 Å². The number of Topliss-reactive ketones (excluding diaryl/α,β-unsaturated/α-hetero) is 1. The van der Waals surface area contributed by atoms with Crippen molar-refractivity contribution in [2.24, 2.45) is 0 Å². The molecule has 0 amide bonds. The predicted molar refractivity (Wildman–Crippen MR) is 96.1 cm³/mol. The number of allylic oxidation sites excluding steroid dienone is 1. The Balaban J connectivity index is 1.93. The highest BCUT2D eigenvalue weighted by molar-refractivity contribution is 7.11. The maximum Gasteiger partial charge on any atom is 0.190 e. The van der Waals surface area contributed by atoms with E-state index in [0.29, 0.717) is 0 Å². The molecule has 0 saturated carbocycles. The van der Waals surface area contributed by atoms with Gasteiger partial charge in [0.25, 0.3) is 0 Å². The molecule has 0 aliphatic heterocycles. The Morgan fingerprint density at radius 1 is 0.957 bits per heavy atom. The number of hydrogen-bond acceptors (Lipinski definition) is 2. The van der Waals surface area contributed by atoms with E-state index in [1.54, 1.807) is 11.3 Å². The lowest BCUT2D eigenvalue weighted by molar-refractivity contribution is 0.103. The fourth-order valence-electron chi connectivity index (χ4n) is 3.24. The monoisotopic (exact) mass is 316 g/mol. The third-order valence-corrected chi connectivity index (χ3v) is 5.38. The summed E-state index contributed by atoms with van der Waals surface area (Å²) in [5, 5.41) is 2.08. The Morgan fingerprint density at radius 2 is 1.70 bits per heavy atom. The Bertz CT molecular complexity index is 902. The van der Waals surface area contributed by atoms with Gasteiger partial charge in [-0.15, -0.1) is 11.3 Å². The van der Waals surface area contributed by atoms with E-state index in [1.807, 2.05) is 36.4 Å². The standard InChI is InChI=1S/C21H16OS/c1-14-11-12-23-19(14)13-18-20(15-7-3-2-4-8-15)16-9-5-6-10-17(16)21(18)22/h2-13,20H,1H3/b18-13-. The number of carbonyl (C=O) groups excluding carboxylic acids is 1. The number of fused-ring (bicyclic) bond motifs is 1. The third-order valence-electron chi connectivity index (χ3n) is 4.41. The van der Waals surface area contributed by atoms with Gasteiger partial charge in [0.1, 0.15) is 0 Å². The molecule has 1 atom stereocenters. The molecule has 1 aromatic heterocycles. The van der Waals surface area contributed by atoms with Crippen LogP contribution in [0.4, 0.5) is 0 Å². The molecule has 0 saturated heterocycles.